The monoisotopic (exact) mass is 239 g/mol. The van der Waals surface area contributed by atoms with E-state index in [1.54, 1.807) is 0 Å². The van der Waals surface area contributed by atoms with Gasteiger partial charge in [0, 0.05) is 24.8 Å². The Morgan fingerprint density at radius 3 is 2.65 bits per heavy atom. The number of carbonyl (C=O) groups excluding carboxylic acids is 1. The van der Waals surface area contributed by atoms with Gasteiger partial charge in [-0.25, -0.2) is 0 Å². The highest BCUT2D eigenvalue weighted by Gasteiger charge is 2.12. The maximum absolute atomic E-state index is 11.5. The molecule has 0 radical (unpaired) electrons. The van der Waals surface area contributed by atoms with Gasteiger partial charge >= 0.3 is 0 Å². The number of hydrogen-bond acceptors (Lipinski definition) is 4. The fraction of sp³-hybridized carbons (Fsp3) is 0.750. The molecule has 0 aromatic carbocycles. The van der Waals surface area contributed by atoms with Crippen molar-refractivity contribution < 1.29 is 9.32 Å². The van der Waals surface area contributed by atoms with Crippen LogP contribution in [0.4, 0.5) is 0 Å². The molecule has 17 heavy (non-hydrogen) atoms. The van der Waals surface area contributed by atoms with Crippen molar-refractivity contribution in [3.05, 3.63) is 11.7 Å². The van der Waals surface area contributed by atoms with E-state index >= 15 is 0 Å². The number of aryl methyl sites for hydroxylation is 1. The first kappa shape index (κ1) is 13.7. The molecule has 0 saturated carbocycles. The van der Waals surface area contributed by atoms with Gasteiger partial charge in [0.05, 0.1) is 0 Å². The van der Waals surface area contributed by atoms with Crippen LogP contribution in [0.25, 0.3) is 0 Å². The Bertz CT molecular complexity index is 360. The summed E-state index contributed by atoms with van der Waals surface area (Å²) < 4.78 is 5.07. The van der Waals surface area contributed by atoms with Gasteiger partial charge in [0.2, 0.25) is 11.8 Å². The third-order valence-electron chi connectivity index (χ3n) is 2.59. The molecule has 1 heterocycles. The maximum atomic E-state index is 11.5. The van der Waals surface area contributed by atoms with E-state index in [2.05, 4.69) is 15.5 Å². The molecular formula is C12H21N3O2. The fourth-order valence-electron chi connectivity index (χ4n) is 1.27. The molecule has 1 rings (SSSR count). The molecule has 96 valence electrons. The smallest absolute Gasteiger partial charge is 0.227 e. The molecule has 0 aliphatic rings. The first-order valence-corrected chi connectivity index (χ1v) is 6.14. The van der Waals surface area contributed by atoms with Crippen LogP contribution in [0.1, 0.15) is 58.2 Å². The van der Waals surface area contributed by atoms with E-state index in [1.165, 1.54) is 0 Å². The Hall–Kier alpha value is -1.39. The van der Waals surface area contributed by atoms with Crippen LogP contribution in [0, 0.1) is 0 Å². The van der Waals surface area contributed by atoms with Crippen molar-refractivity contribution in [2.24, 2.45) is 0 Å². The number of nitrogens with one attached hydrogen (secondary N) is 1. The number of rotatable bonds is 6. The fourth-order valence-corrected chi connectivity index (χ4v) is 1.27. The van der Waals surface area contributed by atoms with Crippen LogP contribution in [0.15, 0.2) is 4.52 Å². The van der Waals surface area contributed by atoms with Crippen molar-refractivity contribution in [2.75, 3.05) is 0 Å². The third kappa shape index (κ3) is 4.54. The number of amides is 1. The van der Waals surface area contributed by atoms with Gasteiger partial charge in [-0.1, -0.05) is 25.9 Å². The lowest BCUT2D eigenvalue weighted by Gasteiger charge is -2.10. The summed E-state index contributed by atoms with van der Waals surface area (Å²) in [7, 11) is 0. The highest BCUT2D eigenvalue weighted by molar-refractivity contribution is 5.76. The lowest BCUT2D eigenvalue weighted by molar-refractivity contribution is -0.121. The second kappa shape index (κ2) is 6.37. The van der Waals surface area contributed by atoms with Crippen molar-refractivity contribution in [3.63, 3.8) is 0 Å². The number of nitrogens with zero attached hydrogens (tertiary/aromatic N) is 2. The zero-order chi connectivity index (χ0) is 12.8. The van der Waals surface area contributed by atoms with E-state index in [-0.39, 0.29) is 17.9 Å². The van der Waals surface area contributed by atoms with Crippen molar-refractivity contribution in [2.45, 2.75) is 58.9 Å². The predicted molar refractivity (Wildman–Crippen MR) is 64.6 cm³/mol. The standard InChI is InChI=1S/C12H21N3O2/c1-5-9(4)13-10(16)6-7-11-14-12(8(2)3)15-17-11/h8-9H,5-7H2,1-4H3,(H,13,16)/t9-/m0/s1. The second-order valence-electron chi connectivity index (χ2n) is 4.58. The molecule has 1 amide bonds. The van der Waals surface area contributed by atoms with E-state index in [9.17, 15) is 4.79 Å². The van der Waals surface area contributed by atoms with Crippen LogP contribution in [0.5, 0.6) is 0 Å². The molecule has 0 aliphatic heterocycles. The lowest BCUT2D eigenvalue weighted by atomic mass is 10.2. The molecule has 1 atom stereocenters. The van der Waals surface area contributed by atoms with Crippen molar-refractivity contribution in [3.8, 4) is 0 Å². The molecule has 0 aliphatic carbocycles. The van der Waals surface area contributed by atoms with Gasteiger partial charge in [0.15, 0.2) is 5.82 Å². The van der Waals surface area contributed by atoms with Gasteiger partial charge in [-0.15, -0.1) is 0 Å². The van der Waals surface area contributed by atoms with Crippen LogP contribution >= 0.6 is 0 Å². The molecule has 1 aromatic heterocycles. The molecule has 0 spiro atoms. The Kier molecular flexibility index (Phi) is 5.12. The Morgan fingerprint density at radius 2 is 2.12 bits per heavy atom. The minimum atomic E-state index is 0.0312. The highest BCUT2D eigenvalue weighted by atomic mass is 16.5. The van der Waals surface area contributed by atoms with Crippen LogP contribution < -0.4 is 5.32 Å². The predicted octanol–water partition coefficient (Wildman–Crippen LogP) is 2.04. The Morgan fingerprint density at radius 1 is 1.41 bits per heavy atom. The van der Waals surface area contributed by atoms with E-state index in [0.717, 1.165) is 6.42 Å². The van der Waals surface area contributed by atoms with Crippen LogP contribution in [-0.4, -0.2) is 22.1 Å². The van der Waals surface area contributed by atoms with Gasteiger partial charge in [-0.2, -0.15) is 4.98 Å². The van der Waals surface area contributed by atoms with E-state index in [4.69, 9.17) is 4.52 Å². The first-order chi connectivity index (χ1) is 8.02. The SMILES string of the molecule is CC[C@H](C)NC(=O)CCc1nc(C(C)C)no1. The van der Waals surface area contributed by atoms with E-state index < -0.39 is 0 Å². The molecule has 1 N–H and O–H groups in total. The van der Waals surface area contributed by atoms with Gasteiger partial charge in [0.25, 0.3) is 0 Å². The zero-order valence-corrected chi connectivity index (χ0v) is 11.0. The first-order valence-electron chi connectivity index (χ1n) is 6.14. The molecule has 0 saturated heterocycles. The molecule has 5 nitrogen and oxygen atoms in total. The quantitative estimate of drug-likeness (QED) is 0.824. The van der Waals surface area contributed by atoms with E-state index in [0.29, 0.717) is 24.6 Å². The maximum Gasteiger partial charge on any atom is 0.227 e. The second-order valence-corrected chi connectivity index (χ2v) is 4.58. The normalized spacial score (nSPS) is 12.8. The Balaban J connectivity index is 2.37. The van der Waals surface area contributed by atoms with Gasteiger partial charge in [0.1, 0.15) is 0 Å². The summed E-state index contributed by atoms with van der Waals surface area (Å²) in [5, 5.41) is 6.75. The molecule has 0 unspecified atom stereocenters. The van der Waals surface area contributed by atoms with Gasteiger partial charge in [-0.3, -0.25) is 4.79 Å². The summed E-state index contributed by atoms with van der Waals surface area (Å²) in [6.07, 6.45) is 1.83. The zero-order valence-electron chi connectivity index (χ0n) is 11.0. The average Bonchev–Trinajstić information content (AvgIpc) is 2.75. The van der Waals surface area contributed by atoms with Crippen LogP contribution in [-0.2, 0) is 11.2 Å². The summed E-state index contributed by atoms with van der Waals surface area (Å²) in [4.78, 5) is 15.7. The summed E-state index contributed by atoms with van der Waals surface area (Å²) in [5.41, 5.74) is 0. The highest BCUT2D eigenvalue weighted by Crippen LogP contribution is 2.10. The minimum Gasteiger partial charge on any atom is -0.354 e. The molecule has 0 bridgehead atoms. The molecule has 1 aromatic rings. The summed E-state index contributed by atoms with van der Waals surface area (Å²) >= 11 is 0. The summed E-state index contributed by atoms with van der Waals surface area (Å²) in [5.74, 6) is 1.51. The third-order valence-corrected chi connectivity index (χ3v) is 2.59. The molecule has 5 heteroatoms. The van der Waals surface area contributed by atoms with Gasteiger partial charge in [-0.05, 0) is 13.3 Å². The summed E-state index contributed by atoms with van der Waals surface area (Å²) in [6.45, 7) is 8.04. The van der Waals surface area contributed by atoms with Gasteiger partial charge < -0.3 is 9.84 Å². The van der Waals surface area contributed by atoms with Crippen molar-refractivity contribution in [1.29, 1.82) is 0 Å². The summed E-state index contributed by atoms with van der Waals surface area (Å²) in [6, 6.07) is 0.219. The van der Waals surface area contributed by atoms with E-state index in [1.807, 2.05) is 27.7 Å². The minimum absolute atomic E-state index is 0.0312. The number of hydrogen-bond donors (Lipinski definition) is 1. The van der Waals surface area contributed by atoms with Crippen molar-refractivity contribution in [1.82, 2.24) is 15.5 Å². The van der Waals surface area contributed by atoms with Crippen LogP contribution in [0.3, 0.4) is 0 Å². The number of carbonyl (C=O) groups is 1. The number of aromatic nitrogens is 2. The lowest BCUT2D eigenvalue weighted by Crippen LogP contribution is -2.32. The molecule has 0 fully saturated rings. The van der Waals surface area contributed by atoms with Crippen LogP contribution in [0.2, 0.25) is 0 Å². The molecular weight excluding hydrogens is 218 g/mol. The Labute approximate surface area is 102 Å². The average molecular weight is 239 g/mol. The topological polar surface area (TPSA) is 68.0 Å². The van der Waals surface area contributed by atoms with Crippen molar-refractivity contribution >= 4 is 5.91 Å². The largest absolute Gasteiger partial charge is 0.354 e.